The Morgan fingerprint density at radius 3 is 2.24 bits per heavy atom. The van der Waals surface area contributed by atoms with Gasteiger partial charge in [0.2, 0.25) is 5.91 Å². The van der Waals surface area contributed by atoms with Gasteiger partial charge < -0.3 is 10.0 Å². The minimum absolute atomic E-state index is 0.172. The van der Waals surface area contributed by atoms with Crippen LogP contribution in [0.15, 0.2) is 88.2 Å². The lowest BCUT2D eigenvalue weighted by Crippen LogP contribution is -2.46. The fourth-order valence-electron chi connectivity index (χ4n) is 4.29. The summed E-state index contributed by atoms with van der Waals surface area (Å²) in [6, 6.07) is 23.5. The highest BCUT2D eigenvalue weighted by atomic mass is 16.5. The summed E-state index contributed by atoms with van der Waals surface area (Å²) in [7, 11) is 0. The number of carbonyl (C=O) groups excluding carboxylic acids is 1. The van der Waals surface area contributed by atoms with Crippen LogP contribution in [0.1, 0.15) is 37.3 Å². The number of benzene rings is 3. The number of unbranched alkanes of at least 4 members (excludes halogenated alkanes) is 1. The van der Waals surface area contributed by atoms with E-state index in [0.717, 1.165) is 28.7 Å². The molecule has 0 aliphatic carbocycles. The molecule has 0 unspecified atom stereocenters. The van der Waals surface area contributed by atoms with E-state index in [4.69, 9.17) is 0 Å². The molecule has 0 aliphatic rings. The van der Waals surface area contributed by atoms with Crippen molar-refractivity contribution >= 4 is 11.9 Å². The predicted octanol–water partition coefficient (Wildman–Crippen LogP) is 4.91. The zero-order valence-electron chi connectivity index (χ0n) is 20.6. The number of aliphatic carboxylic acids is 1. The third-order valence-electron chi connectivity index (χ3n) is 6.24. The van der Waals surface area contributed by atoms with Gasteiger partial charge in [-0.1, -0.05) is 97.4 Å². The van der Waals surface area contributed by atoms with Crippen molar-refractivity contribution in [3.8, 4) is 22.5 Å². The summed E-state index contributed by atoms with van der Waals surface area (Å²) >= 11 is 0. The van der Waals surface area contributed by atoms with Gasteiger partial charge in [-0.15, -0.1) is 0 Å². The normalized spacial score (nSPS) is 11.7. The second-order valence-corrected chi connectivity index (χ2v) is 8.86. The topological polar surface area (TPSA) is 117 Å². The number of H-pyrrole nitrogens is 1. The second-order valence-electron chi connectivity index (χ2n) is 8.86. The number of carboxylic acids is 1. The molecule has 0 saturated carbocycles. The van der Waals surface area contributed by atoms with Crippen LogP contribution in [0, 0.1) is 0 Å². The van der Waals surface area contributed by atoms with Crippen molar-refractivity contribution in [2.75, 3.05) is 0 Å². The number of nitrogens with zero attached hydrogens (tertiary/aromatic N) is 2. The van der Waals surface area contributed by atoms with Crippen molar-refractivity contribution < 1.29 is 19.2 Å². The summed E-state index contributed by atoms with van der Waals surface area (Å²) < 4.78 is 4.66. The maximum Gasteiger partial charge on any atom is 0.439 e. The molecular weight excluding hydrogens is 470 g/mol. The van der Waals surface area contributed by atoms with E-state index in [9.17, 15) is 19.5 Å². The van der Waals surface area contributed by atoms with Gasteiger partial charge in [-0.05, 0) is 28.7 Å². The van der Waals surface area contributed by atoms with Gasteiger partial charge in [0.05, 0.1) is 0 Å². The number of hydrogen-bond acceptors (Lipinski definition) is 5. The summed E-state index contributed by atoms with van der Waals surface area (Å²) in [5, 5.41) is 13.9. The molecule has 0 spiro atoms. The first-order valence-electron chi connectivity index (χ1n) is 12.3. The number of carbonyl (C=O) groups is 2. The number of aromatic nitrogens is 2. The summed E-state index contributed by atoms with van der Waals surface area (Å²) in [6.07, 6.45) is 2.08. The highest BCUT2D eigenvalue weighted by Gasteiger charge is 2.29. The first-order valence-corrected chi connectivity index (χ1v) is 12.3. The van der Waals surface area contributed by atoms with Crippen molar-refractivity contribution in [3.63, 3.8) is 0 Å². The van der Waals surface area contributed by atoms with E-state index < -0.39 is 17.8 Å². The zero-order valence-corrected chi connectivity index (χ0v) is 20.6. The highest BCUT2D eigenvalue weighted by molar-refractivity contribution is 5.84. The fourth-order valence-corrected chi connectivity index (χ4v) is 4.29. The Morgan fingerprint density at radius 2 is 1.62 bits per heavy atom. The van der Waals surface area contributed by atoms with Gasteiger partial charge in [0.1, 0.15) is 6.04 Å². The van der Waals surface area contributed by atoms with Crippen molar-refractivity contribution in [2.24, 2.45) is 0 Å². The van der Waals surface area contributed by atoms with Gasteiger partial charge in [0.15, 0.2) is 5.82 Å². The Labute approximate surface area is 214 Å². The molecular formula is C29H29N3O5. The van der Waals surface area contributed by atoms with E-state index in [1.165, 1.54) is 4.90 Å². The summed E-state index contributed by atoms with van der Waals surface area (Å²) in [5.41, 5.74) is 4.13. The Hall–Kier alpha value is -4.46. The Bertz CT molecular complexity index is 1390. The maximum absolute atomic E-state index is 13.2. The standard InChI is InChI=1S/C29H29N3O5/c1-2-3-13-26(33)32(25(28(34)35)18-20-9-5-4-6-10-20)19-21-14-16-22(17-15-21)23-11-7-8-12-24(23)27-30-29(36)37-31-27/h4-12,14-17,25H,2-3,13,18-19H2,1H3,(H,34,35)(H,30,31,36)/t25-/m0/s1. The summed E-state index contributed by atoms with van der Waals surface area (Å²) in [6.45, 7) is 2.19. The lowest BCUT2D eigenvalue weighted by Gasteiger charge is -2.29. The molecule has 0 fully saturated rings. The van der Waals surface area contributed by atoms with E-state index in [-0.39, 0.29) is 18.9 Å². The number of amides is 1. The van der Waals surface area contributed by atoms with Crippen LogP contribution >= 0.6 is 0 Å². The van der Waals surface area contributed by atoms with Crippen LogP contribution < -0.4 is 5.76 Å². The first-order chi connectivity index (χ1) is 18.0. The van der Waals surface area contributed by atoms with Crippen LogP contribution in [-0.4, -0.2) is 38.1 Å². The third-order valence-corrected chi connectivity index (χ3v) is 6.24. The van der Waals surface area contributed by atoms with Crippen LogP contribution in [0.5, 0.6) is 0 Å². The SMILES string of the molecule is CCCCC(=O)N(Cc1ccc(-c2ccccc2-c2noc(=O)[nH]2)cc1)[C@@H](Cc1ccccc1)C(=O)O. The minimum atomic E-state index is -1.03. The van der Waals surface area contributed by atoms with Gasteiger partial charge in [0, 0.05) is 24.9 Å². The quantitative estimate of drug-likeness (QED) is 0.303. The molecule has 1 aromatic heterocycles. The number of nitrogens with one attached hydrogen (secondary N) is 1. The molecule has 1 amide bonds. The van der Waals surface area contributed by atoms with Crippen molar-refractivity contribution in [1.82, 2.24) is 15.0 Å². The average Bonchev–Trinajstić information content (AvgIpc) is 3.36. The summed E-state index contributed by atoms with van der Waals surface area (Å²) in [4.78, 5) is 40.9. The van der Waals surface area contributed by atoms with Gasteiger partial charge >= 0.3 is 11.7 Å². The van der Waals surface area contributed by atoms with E-state index >= 15 is 0 Å². The Kier molecular flexibility index (Phi) is 8.30. The van der Waals surface area contributed by atoms with Crippen molar-refractivity contribution in [2.45, 2.75) is 45.2 Å². The van der Waals surface area contributed by atoms with Crippen molar-refractivity contribution in [1.29, 1.82) is 0 Å². The third kappa shape index (κ3) is 6.41. The molecule has 8 nitrogen and oxygen atoms in total. The van der Waals surface area contributed by atoms with E-state index in [0.29, 0.717) is 24.2 Å². The number of rotatable bonds is 11. The van der Waals surface area contributed by atoms with E-state index in [2.05, 4.69) is 14.7 Å². The zero-order chi connectivity index (χ0) is 26.2. The predicted molar refractivity (Wildman–Crippen MR) is 140 cm³/mol. The Balaban J connectivity index is 1.61. The smallest absolute Gasteiger partial charge is 0.439 e. The molecule has 8 heteroatoms. The maximum atomic E-state index is 13.2. The number of aromatic amines is 1. The molecule has 1 atom stereocenters. The molecule has 4 aromatic rings. The molecule has 0 bridgehead atoms. The van der Waals surface area contributed by atoms with Crippen LogP contribution in [-0.2, 0) is 22.6 Å². The fraction of sp³-hybridized carbons (Fsp3) is 0.241. The molecule has 37 heavy (non-hydrogen) atoms. The monoisotopic (exact) mass is 499 g/mol. The molecule has 1 heterocycles. The Morgan fingerprint density at radius 1 is 0.946 bits per heavy atom. The van der Waals surface area contributed by atoms with Gasteiger partial charge in [-0.3, -0.25) is 14.3 Å². The molecule has 0 saturated heterocycles. The van der Waals surface area contributed by atoms with Crippen molar-refractivity contribution in [3.05, 3.63) is 101 Å². The molecule has 3 aromatic carbocycles. The average molecular weight is 500 g/mol. The highest BCUT2D eigenvalue weighted by Crippen LogP contribution is 2.30. The number of carboxylic acid groups (broad SMARTS) is 1. The molecule has 4 rings (SSSR count). The van der Waals surface area contributed by atoms with Crippen LogP contribution in [0.3, 0.4) is 0 Å². The second kappa shape index (κ2) is 12.0. The van der Waals surface area contributed by atoms with Gasteiger partial charge in [0.25, 0.3) is 0 Å². The molecule has 0 radical (unpaired) electrons. The van der Waals surface area contributed by atoms with E-state index in [1.54, 1.807) is 0 Å². The van der Waals surface area contributed by atoms with Gasteiger partial charge in [-0.2, -0.15) is 0 Å². The van der Waals surface area contributed by atoms with Crippen LogP contribution in [0.4, 0.5) is 0 Å². The lowest BCUT2D eigenvalue weighted by molar-refractivity contribution is -0.150. The van der Waals surface area contributed by atoms with Crippen LogP contribution in [0.2, 0.25) is 0 Å². The van der Waals surface area contributed by atoms with Crippen LogP contribution in [0.25, 0.3) is 22.5 Å². The molecule has 190 valence electrons. The molecule has 0 aliphatic heterocycles. The summed E-state index contributed by atoms with van der Waals surface area (Å²) in [5.74, 6) is -1.49. The van der Waals surface area contributed by atoms with Gasteiger partial charge in [-0.25, -0.2) is 9.59 Å². The largest absolute Gasteiger partial charge is 0.480 e. The lowest BCUT2D eigenvalue weighted by atomic mass is 9.97. The first kappa shape index (κ1) is 25.6. The van der Waals surface area contributed by atoms with E-state index in [1.807, 2.05) is 85.8 Å². The molecule has 2 N–H and O–H groups in total. The minimum Gasteiger partial charge on any atom is -0.480 e. The number of hydrogen-bond donors (Lipinski definition) is 2.